The lowest BCUT2D eigenvalue weighted by Gasteiger charge is -2.10. The molecule has 0 saturated heterocycles. The monoisotopic (exact) mass is 542 g/mol. The highest BCUT2D eigenvalue weighted by Crippen LogP contribution is 2.21. The molecule has 1 heterocycles. The van der Waals surface area contributed by atoms with E-state index in [4.69, 9.17) is 11.6 Å². The number of hydrogen-bond acceptors (Lipinski definition) is 5. The molecule has 0 unspecified atom stereocenters. The Balaban J connectivity index is 1.77. The summed E-state index contributed by atoms with van der Waals surface area (Å²) in [6.45, 7) is 3.51. The molecule has 0 radical (unpaired) electrons. The van der Waals surface area contributed by atoms with Gasteiger partial charge in [-0.1, -0.05) is 11.6 Å². The van der Waals surface area contributed by atoms with E-state index in [-0.39, 0.29) is 16.8 Å². The minimum Gasteiger partial charge on any atom is -0.322 e. The molecule has 29 heavy (non-hydrogen) atoms. The van der Waals surface area contributed by atoms with E-state index in [9.17, 15) is 13.2 Å². The SMILES string of the molecule is Cc1cc(C)nc(NS(=O)(=O)c2ccc(NC(=O)c3cc(I)ccc3Cl)cc2)n1. The Morgan fingerprint density at radius 2 is 1.62 bits per heavy atom. The van der Waals surface area contributed by atoms with Crippen LogP contribution in [0.4, 0.5) is 11.6 Å². The van der Waals surface area contributed by atoms with Crippen molar-refractivity contribution in [3.05, 3.63) is 74.1 Å². The lowest BCUT2D eigenvalue weighted by molar-refractivity contribution is 0.102. The second-order valence-electron chi connectivity index (χ2n) is 6.18. The van der Waals surface area contributed by atoms with Crippen molar-refractivity contribution in [3.63, 3.8) is 0 Å². The topological polar surface area (TPSA) is 101 Å². The largest absolute Gasteiger partial charge is 0.322 e. The molecule has 0 bridgehead atoms. The molecule has 0 aliphatic heterocycles. The van der Waals surface area contributed by atoms with Crippen LogP contribution in [0.15, 0.2) is 53.4 Å². The van der Waals surface area contributed by atoms with Gasteiger partial charge in [-0.15, -0.1) is 0 Å². The molecule has 0 aliphatic carbocycles. The van der Waals surface area contributed by atoms with Crippen molar-refractivity contribution in [1.29, 1.82) is 0 Å². The zero-order valence-electron chi connectivity index (χ0n) is 15.4. The first-order valence-corrected chi connectivity index (χ1v) is 11.3. The maximum absolute atomic E-state index is 12.6. The van der Waals surface area contributed by atoms with Crippen molar-refractivity contribution >= 4 is 61.8 Å². The van der Waals surface area contributed by atoms with Crippen molar-refractivity contribution in [1.82, 2.24) is 9.97 Å². The highest BCUT2D eigenvalue weighted by molar-refractivity contribution is 14.1. The Bertz CT molecular complexity index is 1160. The third-order valence-electron chi connectivity index (χ3n) is 3.80. The molecule has 1 amide bonds. The van der Waals surface area contributed by atoms with Gasteiger partial charge in [0.15, 0.2) is 0 Å². The maximum atomic E-state index is 12.6. The Morgan fingerprint density at radius 1 is 1.00 bits per heavy atom. The predicted octanol–water partition coefficient (Wildman–Crippen LogP) is 4.40. The van der Waals surface area contributed by atoms with Crippen LogP contribution in [0.25, 0.3) is 0 Å². The molecule has 0 aliphatic rings. The number of rotatable bonds is 5. The quantitative estimate of drug-likeness (QED) is 0.465. The second-order valence-corrected chi connectivity index (χ2v) is 9.52. The lowest BCUT2D eigenvalue weighted by atomic mass is 10.2. The number of benzene rings is 2. The van der Waals surface area contributed by atoms with Crippen molar-refractivity contribution in [3.8, 4) is 0 Å². The first-order valence-electron chi connectivity index (χ1n) is 8.35. The van der Waals surface area contributed by atoms with E-state index < -0.39 is 10.0 Å². The molecule has 3 rings (SSSR count). The van der Waals surface area contributed by atoms with Crippen LogP contribution >= 0.6 is 34.2 Å². The summed E-state index contributed by atoms with van der Waals surface area (Å²) in [5.74, 6) is -0.376. The number of anilines is 2. The van der Waals surface area contributed by atoms with E-state index in [0.717, 1.165) is 3.57 Å². The Labute approximate surface area is 187 Å². The molecule has 0 saturated carbocycles. The van der Waals surface area contributed by atoms with Gasteiger partial charge in [-0.25, -0.2) is 23.1 Å². The van der Waals surface area contributed by atoms with Crippen LogP contribution in [-0.2, 0) is 10.0 Å². The third-order valence-corrected chi connectivity index (χ3v) is 6.15. The van der Waals surface area contributed by atoms with Gasteiger partial charge in [0.2, 0.25) is 5.95 Å². The maximum Gasteiger partial charge on any atom is 0.264 e. The number of nitrogens with one attached hydrogen (secondary N) is 2. The fourth-order valence-electron chi connectivity index (χ4n) is 2.54. The number of hydrogen-bond donors (Lipinski definition) is 2. The second kappa shape index (κ2) is 8.64. The summed E-state index contributed by atoms with van der Waals surface area (Å²) in [4.78, 5) is 20.6. The van der Waals surface area contributed by atoms with Crippen molar-refractivity contribution in [2.75, 3.05) is 10.0 Å². The van der Waals surface area contributed by atoms with E-state index in [2.05, 4.69) is 42.6 Å². The van der Waals surface area contributed by atoms with Crippen LogP contribution in [0.3, 0.4) is 0 Å². The summed E-state index contributed by atoms with van der Waals surface area (Å²) in [7, 11) is -3.87. The molecule has 0 atom stereocenters. The van der Waals surface area contributed by atoms with Crippen LogP contribution in [0.2, 0.25) is 5.02 Å². The van der Waals surface area contributed by atoms with Gasteiger partial charge in [0.1, 0.15) is 0 Å². The normalized spacial score (nSPS) is 11.2. The standard InChI is InChI=1S/C19H16ClIN4O3S/c1-11-9-12(2)23-19(22-11)25-29(27,28)15-6-4-14(5-7-15)24-18(26)16-10-13(21)3-8-17(16)20/h3-10H,1-2H3,(H,24,26)(H,22,23,25). The summed E-state index contributed by atoms with van der Waals surface area (Å²) >= 11 is 8.17. The van der Waals surface area contributed by atoms with Crippen LogP contribution in [0.1, 0.15) is 21.7 Å². The lowest BCUT2D eigenvalue weighted by Crippen LogP contribution is -2.16. The average Bonchev–Trinajstić information content (AvgIpc) is 2.63. The first-order chi connectivity index (χ1) is 13.6. The van der Waals surface area contributed by atoms with Crippen molar-refractivity contribution < 1.29 is 13.2 Å². The summed E-state index contributed by atoms with van der Waals surface area (Å²) in [5, 5.41) is 3.04. The summed E-state index contributed by atoms with van der Waals surface area (Å²) in [5.41, 5.74) is 2.08. The number of halogens is 2. The summed E-state index contributed by atoms with van der Waals surface area (Å²) in [6, 6.07) is 12.6. The number of amides is 1. The van der Waals surface area contributed by atoms with Gasteiger partial charge in [-0.2, -0.15) is 0 Å². The highest BCUT2D eigenvalue weighted by Gasteiger charge is 2.17. The number of aromatic nitrogens is 2. The molecule has 2 aromatic carbocycles. The smallest absolute Gasteiger partial charge is 0.264 e. The summed E-state index contributed by atoms with van der Waals surface area (Å²) in [6.07, 6.45) is 0. The highest BCUT2D eigenvalue weighted by atomic mass is 127. The van der Waals surface area contributed by atoms with E-state index in [1.165, 1.54) is 24.3 Å². The molecule has 3 aromatic rings. The van der Waals surface area contributed by atoms with Gasteiger partial charge in [-0.3, -0.25) is 4.79 Å². The third kappa shape index (κ3) is 5.43. The molecule has 0 spiro atoms. The van der Waals surface area contributed by atoms with Crippen molar-refractivity contribution in [2.24, 2.45) is 0 Å². The number of aryl methyl sites for hydroxylation is 2. The van der Waals surface area contributed by atoms with Crippen LogP contribution in [0, 0.1) is 17.4 Å². The number of carbonyl (C=O) groups is 1. The van der Waals surface area contributed by atoms with E-state index in [1.54, 1.807) is 38.1 Å². The number of sulfonamides is 1. The van der Waals surface area contributed by atoms with Gasteiger partial charge in [0, 0.05) is 20.6 Å². The fraction of sp³-hybridized carbons (Fsp3) is 0.105. The molecule has 0 fully saturated rings. The van der Waals surface area contributed by atoms with Crippen LogP contribution in [-0.4, -0.2) is 24.3 Å². The zero-order valence-corrected chi connectivity index (χ0v) is 19.1. The van der Waals surface area contributed by atoms with Gasteiger partial charge in [-0.05, 0) is 85.0 Å². The molecule has 7 nitrogen and oxygen atoms in total. The Morgan fingerprint density at radius 3 is 2.24 bits per heavy atom. The van der Waals surface area contributed by atoms with Gasteiger partial charge < -0.3 is 5.32 Å². The van der Waals surface area contributed by atoms with Crippen LogP contribution < -0.4 is 10.0 Å². The van der Waals surface area contributed by atoms with Crippen LogP contribution in [0.5, 0.6) is 0 Å². The first kappa shape index (κ1) is 21.5. The molecular weight excluding hydrogens is 527 g/mol. The average molecular weight is 543 g/mol. The molecular formula is C19H16ClIN4O3S. The molecule has 150 valence electrons. The molecule has 2 N–H and O–H groups in total. The minimum absolute atomic E-state index is 0.00759. The number of carbonyl (C=O) groups excluding carboxylic acids is 1. The van der Waals surface area contributed by atoms with E-state index in [0.29, 0.717) is 27.7 Å². The predicted molar refractivity (Wildman–Crippen MR) is 121 cm³/mol. The number of nitrogens with zero attached hydrogens (tertiary/aromatic N) is 2. The van der Waals surface area contributed by atoms with Gasteiger partial charge >= 0.3 is 0 Å². The van der Waals surface area contributed by atoms with Crippen molar-refractivity contribution in [2.45, 2.75) is 18.7 Å². The zero-order chi connectivity index (χ0) is 21.2. The fourth-order valence-corrected chi connectivity index (χ4v) is 4.18. The van der Waals surface area contributed by atoms with E-state index >= 15 is 0 Å². The summed E-state index contributed by atoms with van der Waals surface area (Å²) < 4.78 is 28.4. The Kier molecular flexibility index (Phi) is 6.39. The molecule has 10 heteroatoms. The minimum atomic E-state index is -3.87. The van der Waals surface area contributed by atoms with E-state index in [1.807, 2.05) is 0 Å². The molecule has 1 aromatic heterocycles. The van der Waals surface area contributed by atoms with Gasteiger partial charge in [0.05, 0.1) is 15.5 Å². The van der Waals surface area contributed by atoms with Gasteiger partial charge in [0.25, 0.3) is 15.9 Å². The Hall–Kier alpha value is -2.24.